The summed E-state index contributed by atoms with van der Waals surface area (Å²) in [5.74, 6) is 0. The zero-order valence-electron chi connectivity index (χ0n) is 29.8. The Balaban J connectivity index is 1.11. The van der Waals surface area contributed by atoms with Crippen LogP contribution in [0.4, 0.5) is 0 Å². The normalized spacial score (nSPS) is 12.0. The highest BCUT2D eigenvalue weighted by Gasteiger charge is 2.20. The number of furan rings is 1. The average Bonchev–Trinajstić information content (AvgIpc) is 3.91. The predicted molar refractivity (Wildman–Crippen MR) is 231 cm³/mol. The van der Waals surface area contributed by atoms with Crippen molar-refractivity contribution in [2.24, 2.45) is 0 Å². The number of hydrogen-bond acceptors (Lipinski definition) is 1. The van der Waals surface area contributed by atoms with E-state index in [1.807, 2.05) is 0 Å². The Labute approximate surface area is 316 Å². The van der Waals surface area contributed by atoms with Crippen LogP contribution in [0.2, 0.25) is 0 Å². The Kier molecular flexibility index (Phi) is 6.34. The maximum Gasteiger partial charge on any atom is 0.143 e. The third-order valence-electron chi connectivity index (χ3n) is 11.5. The quantitative estimate of drug-likeness (QED) is 0.179. The van der Waals surface area contributed by atoms with Gasteiger partial charge in [0.2, 0.25) is 0 Å². The highest BCUT2D eigenvalue weighted by molar-refractivity contribution is 6.15. The molecule has 12 aromatic rings. The smallest absolute Gasteiger partial charge is 0.143 e. The van der Waals surface area contributed by atoms with E-state index in [0.29, 0.717) is 0 Å². The van der Waals surface area contributed by atoms with Crippen LogP contribution in [0.15, 0.2) is 199 Å². The van der Waals surface area contributed by atoms with Gasteiger partial charge in [-0.15, -0.1) is 0 Å². The average molecular weight is 701 g/mol. The molecule has 0 spiro atoms. The van der Waals surface area contributed by atoms with Gasteiger partial charge in [0.25, 0.3) is 0 Å². The van der Waals surface area contributed by atoms with E-state index < -0.39 is 0 Å². The maximum atomic E-state index is 6.73. The van der Waals surface area contributed by atoms with E-state index in [-0.39, 0.29) is 0 Å². The summed E-state index contributed by atoms with van der Waals surface area (Å²) in [6.45, 7) is 0. The molecule has 256 valence electrons. The van der Waals surface area contributed by atoms with Crippen molar-refractivity contribution in [1.29, 1.82) is 0 Å². The van der Waals surface area contributed by atoms with E-state index >= 15 is 0 Å². The van der Waals surface area contributed by atoms with Crippen molar-refractivity contribution in [2.45, 2.75) is 0 Å². The molecule has 3 nitrogen and oxygen atoms in total. The molecule has 0 fully saturated rings. The Bertz CT molecular complexity index is 3480. The lowest BCUT2D eigenvalue weighted by Crippen LogP contribution is -1.95. The fourth-order valence-electron chi connectivity index (χ4n) is 9.02. The fourth-order valence-corrected chi connectivity index (χ4v) is 9.02. The number of para-hydroxylation sites is 4. The highest BCUT2D eigenvalue weighted by Crippen LogP contribution is 2.43. The Hall–Kier alpha value is -7.36. The van der Waals surface area contributed by atoms with E-state index in [4.69, 9.17) is 4.42 Å². The molecule has 0 aliphatic heterocycles. The van der Waals surface area contributed by atoms with Gasteiger partial charge in [-0.05, 0) is 88.8 Å². The molecule has 3 heteroatoms. The molecule has 55 heavy (non-hydrogen) atoms. The van der Waals surface area contributed by atoms with Gasteiger partial charge in [-0.1, -0.05) is 127 Å². The van der Waals surface area contributed by atoms with Gasteiger partial charge < -0.3 is 13.6 Å². The summed E-state index contributed by atoms with van der Waals surface area (Å²) in [5, 5.41) is 9.63. The van der Waals surface area contributed by atoms with Gasteiger partial charge in [-0.2, -0.15) is 0 Å². The molecule has 0 atom stereocenters. The highest BCUT2D eigenvalue weighted by atomic mass is 16.3. The van der Waals surface area contributed by atoms with Crippen LogP contribution in [-0.2, 0) is 0 Å². The topological polar surface area (TPSA) is 23.0 Å². The summed E-state index contributed by atoms with van der Waals surface area (Å²) in [6.07, 6.45) is 0. The summed E-state index contributed by atoms with van der Waals surface area (Å²) in [5.41, 5.74) is 13.4. The summed E-state index contributed by atoms with van der Waals surface area (Å²) in [6, 6.07) is 70.3. The molecule has 0 bridgehead atoms. The number of hydrogen-bond donors (Lipinski definition) is 0. The van der Waals surface area contributed by atoms with Crippen molar-refractivity contribution in [2.75, 3.05) is 0 Å². The molecule has 9 aromatic carbocycles. The van der Waals surface area contributed by atoms with Crippen molar-refractivity contribution in [3.8, 4) is 33.6 Å². The van der Waals surface area contributed by atoms with Gasteiger partial charge in [0.05, 0.1) is 27.8 Å². The molecule has 0 N–H and O–H groups in total. The second-order valence-corrected chi connectivity index (χ2v) is 14.5. The third-order valence-corrected chi connectivity index (χ3v) is 11.5. The van der Waals surface area contributed by atoms with Gasteiger partial charge in [0, 0.05) is 49.0 Å². The molecule has 0 saturated heterocycles. The van der Waals surface area contributed by atoms with Crippen LogP contribution in [0.5, 0.6) is 0 Å². The van der Waals surface area contributed by atoms with E-state index in [0.717, 1.165) is 49.9 Å². The summed E-state index contributed by atoms with van der Waals surface area (Å²) >= 11 is 0. The second-order valence-electron chi connectivity index (χ2n) is 14.5. The lowest BCUT2D eigenvalue weighted by atomic mass is 9.94. The van der Waals surface area contributed by atoms with Gasteiger partial charge in [0.1, 0.15) is 11.2 Å². The van der Waals surface area contributed by atoms with Gasteiger partial charge >= 0.3 is 0 Å². The predicted octanol–water partition coefficient (Wildman–Crippen LogP) is 14.3. The number of fused-ring (bicyclic) bond motifs is 10. The number of rotatable bonds is 4. The Morgan fingerprint density at radius 2 is 0.945 bits per heavy atom. The molecule has 3 heterocycles. The zero-order valence-corrected chi connectivity index (χ0v) is 29.8. The first-order chi connectivity index (χ1) is 27.3. The molecule has 0 unspecified atom stereocenters. The Morgan fingerprint density at radius 1 is 0.327 bits per heavy atom. The standard InChI is InChI=1S/C52H32N2O/c1-2-15-37(16-3-1)53-47-21-9-6-18-39(47)41-27-25-34(32-50(41)53)36-30-43(52-45(31-36)42-20-8-11-24-51(42)55-52)35-26-28-49-44(29-35)40-19-7-10-22-48(40)54(49)46-23-12-14-33-13-4-5-17-38(33)46/h1-32H. The molecule has 0 aliphatic rings. The van der Waals surface area contributed by atoms with E-state index in [2.05, 4.69) is 203 Å². The van der Waals surface area contributed by atoms with Crippen LogP contribution in [0.3, 0.4) is 0 Å². The van der Waals surface area contributed by atoms with Crippen LogP contribution in [0, 0.1) is 0 Å². The molecular formula is C52H32N2O. The monoisotopic (exact) mass is 700 g/mol. The first-order valence-electron chi connectivity index (χ1n) is 18.8. The molecule has 0 saturated carbocycles. The van der Waals surface area contributed by atoms with Crippen molar-refractivity contribution >= 4 is 76.3 Å². The number of benzene rings is 9. The van der Waals surface area contributed by atoms with Gasteiger partial charge in [-0.25, -0.2) is 0 Å². The largest absolute Gasteiger partial charge is 0.455 e. The van der Waals surface area contributed by atoms with Crippen molar-refractivity contribution in [3.05, 3.63) is 194 Å². The first kappa shape index (κ1) is 30.1. The number of aromatic nitrogens is 2. The van der Waals surface area contributed by atoms with Gasteiger partial charge in [0.15, 0.2) is 0 Å². The SMILES string of the molecule is c1ccc(-n2c3ccccc3c3ccc(-c4cc(-c5ccc6c(c5)c5ccccc5n6-c5cccc6ccccc56)c5oc6ccccc6c5c4)cc32)cc1. The van der Waals surface area contributed by atoms with Gasteiger partial charge in [-0.3, -0.25) is 0 Å². The molecule has 12 rings (SSSR count). The number of nitrogens with zero attached hydrogens (tertiary/aromatic N) is 2. The maximum absolute atomic E-state index is 6.73. The summed E-state index contributed by atoms with van der Waals surface area (Å²) < 4.78 is 11.5. The fraction of sp³-hybridized carbons (Fsp3) is 0. The molecule has 0 radical (unpaired) electrons. The van der Waals surface area contributed by atoms with Crippen LogP contribution >= 0.6 is 0 Å². The van der Waals surface area contributed by atoms with E-state index in [9.17, 15) is 0 Å². The minimum atomic E-state index is 0.893. The van der Waals surface area contributed by atoms with Crippen LogP contribution < -0.4 is 0 Å². The second kappa shape index (κ2) is 11.6. The summed E-state index contributed by atoms with van der Waals surface area (Å²) in [4.78, 5) is 0. The van der Waals surface area contributed by atoms with Crippen LogP contribution in [-0.4, -0.2) is 9.13 Å². The molecule has 0 aliphatic carbocycles. The lowest BCUT2D eigenvalue weighted by molar-refractivity contribution is 0.670. The third kappa shape index (κ3) is 4.44. The lowest BCUT2D eigenvalue weighted by Gasteiger charge is -2.12. The van der Waals surface area contributed by atoms with Crippen molar-refractivity contribution in [1.82, 2.24) is 9.13 Å². The van der Waals surface area contributed by atoms with Crippen LogP contribution in [0.1, 0.15) is 0 Å². The van der Waals surface area contributed by atoms with Crippen molar-refractivity contribution in [3.63, 3.8) is 0 Å². The molecule has 3 aromatic heterocycles. The van der Waals surface area contributed by atoms with E-state index in [1.165, 1.54) is 60.1 Å². The van der Waals surface area contributed by atoms with E-state index in [1.54, 1.807) is 0 Å². The van der Waals surface area contributed by atoms with Crippen LogP contribution in [0.25, 0.3) is 110 Å². The molecular weight excluding hydrogens is 669 g/mol. The first-order valence-corrected chi connectivity index (χ1v) is 18.8. The van der Waals surface area contributed by atoms with Crippen molar-refractivity contribution < 1.29 is 4.42 Å². The minimum Gasteiger partial charge on any atom is -0.455 e. The summed E-state index contributed by atoms with van der Waals surface area (Å²) in [7, 11) is 0. The molecule has 0 amide bonds. The minimum absolute atomic E-state index is 0.893. The Morgan fingerprint density at radius 3 is 1.80 bits per heavy atom. The zero-order chi connectivity index (χ0) is 36.0.